The average Bonchev–Trinajstić information content (AvgIpc) is 2.94. The predicted molar refractivity (Wildman–Crippen MR) is 81.5 cm³/mol. The lowest BCUT2D eigenvalue weighted by Gasteiger charge is -2.30. The van der Waals surface area contributed by atoms with Gasteiger partial charge in [0.1, 0.15) is 0 Å². The maximum Gasteiger partial charge on any atom is 0.416 e. The van der Waals surface area contributed by atoms with Gasteiger partial charge in [-0.15, -0.1) is 0 Å². The second-order valence-corrected chi connectivity index (χ2v) is 5.98. The highest BCUT2D eigenvalue weighted by atomic mass is 19.4. The summed E-state index contributed by atoms with van der Waals surface area (Å²) in [4.78, 5) is 2.26. The molecule has 0 saturated carbocycles. The maximum absolute atomic E-state index is 12.6. The molecule has 1 fully saturated rings. The number of hydrogen-bond acceptors (Lipinski definition) is 3. The van der Waals surface area contributed by atoms with E-state index in [9.17, 15) is 13.2 Å². The minimum Gasteiger partial charge on any atom is -0.327 e. The normalized spacial score (nSPS) is 19.9. The molecule has 1 saturated heterocycles. The number of benzene rings is 1. The average molecular weight is 324 g/mol. The molecule has 0 amide bonds. The van der Waals surface area contributed by atoms with Crippen LogP contribution in [0, 0.1) is 0 Å². The van der Waals surface area contributed by atoms with E-state index in [0.717, 1.165) is 49.3 Å². The quantitative estimate of drug-likeness (QED) is 0.912. The van der Waals surface area contributed by atoms with Gasteiger partial charge in [-0.25, -0.2) is 0 Å². The monoisotopic (exact) mass is 324 g/mol. The lowest BCUT2D eigenvalue weighted by Crippen LogP contribution is -2.42. The lowest BCUT2D eigenvalue weighted by molar-refractivity contribution is -0.137. The predicted octanol–water partition coefficient (Wildman–Crippen LogP) is 3.02. The van der Waals surface area contributed by atoms with Crippen molar-refractivity contribution < 1.29 is 13.2 Å². The number of nitrogens with two attached hydrogens (primary N) is 1. The fourth-order valence-corrected chi connectivity index (χ4v) is 2.98. The van der Waals surface area contributed by atoms with Crippen molar-refractivity contribution in [1.29, 1.82) is 0 Å². The van der Waals surface area contributed by atoms with Crippen LogP contribution in [0.1, 0.15) is 24.0 Å². The Morgan fingerprint density at radius 2 is 2.00 bits per heavy atom. The number of aromatic amines is 1. The van der Waals surface area contributed by atoms with Gasteiger partial charge in [0.2, 0.25) is 0 Å². The Morgan fingerprint density at radius 1 is 1.26 bits per heavy atom. The van der Waals surface area contributed by atoms with Crippen LogP contribution in [0.15, 0.2) is 30.5 Å². The van der Waals surface area contributed by atoms with Crippen LogP contribution in [0.4, 0.5) is 13.2 Å². The van der Waals surface area contributed by atoms with Crippen molar-refractivity contribution in [3.05, 3.63) is 41.6 Å². The molecule has 0 spiro atoms. The van der Waals surface area contributed by atoms with E-state index < -0.39 is 11.7 Å². The Balaban J connectivity index is 1.78. The highest BCUT2D eigenvalue weighted by Gasteiger charge is 2.30. The summed E-state index contributed by atoms with van der Waals surface area (Å²) < 4.78 is 37.9. The van der Waals surface area contributed by atoms with Gasteiger partial charge in [-0.1, -0.05) is 12.1 Å². The van der Waals surface area contributed by atoms with Crippen LogP contribution in [0.25, 0.3) is 11.3 Å². The summed E-state index contributed by atoms with van der Waals surface area (Å²) >= 11 is 0. The van der Waals surface area contributed by atoms with Crippen molar-refractivity contribution in [2.45, 2.75) is 31.6 Å². The van der Waals surface area contributed by atoms with Crippen LogP contribution in [0.3, 0.4) is 0 Å². The minimum absolute atomic E-state index is 0.185. The zero-order chi connectivity index (χ0) is 16.4. The molecule has 2 heterocycles. The molecule has 0 aliphatic carbocycles. The molecule has 4 nitrogen and oxygen atoms in total. The molecule has 3 rings (SSSR count). The zero-order valence-electron chi connectivity index (χ0n) is 12.6. The molecule has 1 unspecified atom stereocenters. The standard InChI is InChI=1S/C16H19F3N4/c17-16(18,19)13-5-3-11(4-6-13)15-12(8-21-22-15)9-23-7-1-2-14(20)10-23/h3-6,8,14H,1-2,7,9-10,20H2,(H,21,22). The SMILES string of the molecule is NC1CCCN(Cc2cn[nH]c2-c2ccc(C(F)(F)F)cc2)C1. The van der Waals surface area contributed by atoms with Gasteiger partial charge in [0.25, 0.3) is 0 Å². The summed E-state index contributed by atoms with van der Waals surface area (Å²) in [5.74, 6) is 0. The molecule has 7 heteroatoms. The van der Waals surface area contributed by atoms with Crippen molar-refractivity contribution in [3.8, 4) is 11.3 Å². The van der Waals surface area contributed by atoms with E-state index in [-0.39, 0.29) is 6.04 Å². The van der Waals surface area contributed by atoms with E-state index in [1.165, 1.54) is 12.1 Å². The fourth-order valence-electron chi connectivity index (χ4n) is 2.98. The first kappa shape index (κ1) is 16.0. The van der Waals surface area contributed by atoms with Crippen LogP contribution in [0.2, 0.25) is 0 Å². The molecule has 124 valence electrons. The number of H-pyrrole nitrogens is 1. The van der Waals surface area contributed by atoms with Crippen LogP contribution in [-0.2, 0) is 12.7 Å². The van der Waals surface area contributed by atoms with Crippen LogP contribution in [-0.4, -0.2) is 34.2 Å². The molecule has 1 aromatic carbocycles. The van der Waals surface area contributed by atoms with E-state index in [2.05, 4.69) is 15.1 Å². The third kappa shape index (κ3) is 3.73. The number of hydrogen-bond donors (Lipinski definition) is 2. The van der Waals surface area contributed by atoms with Gasteiger partial charge in [0.15, 0.2) is 0 Å². The molecule has 3 N–H and O–H groups in total. The summed E-state index contributed by atoms with van der Waals surface area (Å²) in [7, 11) is 0. The second-order valence-electron chi connectivity index (χ2n) is 5.98. The van der Waals surface area contributed by atoms with Gasteiger partial charge in [0, 0.05) is 24.7 Å². The molecule has 1 aliphatic rings. The van der Waals surface area contributed by atoms with Gasteiger partial charge >= 0.3 is 6.18 Å². The zero-order valence-corrected chi connectivity index (χ0v) is 12.6. The first-order valence-electron chi connectivity index (χ1n) is 7.61. The van der Waals surface area contributed by atoms with Crippen molar-refractivity contribution in [3.63, 3.8) is 0 Å². The Kier molecular flexibility index (Phi) is 4.41. The number of piperidine rings is 1. The van der Waals surface area contributed by atoms with Gasteiger partial charge in [-0.3, -0.25) is 10.00 Å². The van der Waals surface area contributed by atoms with Crippen molar-refractivity contribution in [1.82, 2.24) is 15.1 Å². The van der Waals surface area contributed by atoms with Gasteiger partial charge in [-0.2, -0.15) is 18.3 Å². The third-order valence-corrected chi connectivity index (χ3v) is 4.15. The summed E-state index contributed by atoms with van der Waals surface area (Å²) in [5, 5.41) is 6.94. The summed E-state index contributed by atoms with van der Waals surface area (Å²) in [6.45, 7) is 2.50. The van der Waals surface area contributed by atoms with Gasteiger partial charge < -0.3 is 5.73 Å². The minimum atomic E-state index is -4.32. The molecule has 0 bridgehead atoms. The largest absolute Gasteiger partial charge is 0.416 e. The Morgan fingerprint density at radius 3 is 2.65 bits per heavy atom. The number of rotatable bonds is 3. The van der Waals surface area contributed by atoms with E-state index in [1.54, 1.807) is 6.20 Å². The van der Waals surface area contributed by atoms with Gasteiger partial charge in [-0.05, 0) is 37.1 Å². The highest BCUT2D eigenvalue weighted by Crippen LogP contribution is 2.31. The van der Waals surface area contributed by atoms with Crippen LogP contribution in [0.5, 0.6) is 0 Å². The number of aromatic nitrogens is 2. The summed E-state index contributed by atoms with van der Waals surface area (Å²) in [6.07, 6.45) is -0.491. The Labute approximate surface area is 132 Å². The first-order chi connectivity index (χ1) is 10.9. The molecular weight excluding hydrogens is 305 g/mol. The summed E-state index contributed by atoms with van der Waals surface area (Å²) in [5.41, 5.74) is 7.77. The van der Waals surface area contributed by atoms with E-state index in [4.69, 9.17) is 5.73 Å². The van der Waals surface area contributed by atoms with Crippen LogP contribution >= 0.6 is 0 Å². The third-order valence-electron chi connectivity index (χ3n) is 4.15. The van der Waals surface area contributed by atoms with Crippen molar-refractivity contribution in [2.75, 3.05) is 13.1 Å². The van der Waals surface area contributed by atoms with E-state index in [1.807, 2.05) is 0 Å². The highest BCUT2D eigenvalue weighted by molar-refractivity contribution is 5.63. The van der Waals surface area contributed by atoms with Crippen molar-refractivity contribution >= 4 is 0 Å². The molecule has 2 aromatic rings. The molecule has 0 radical (unpaired) electrons. The Bertz CT molecular complexity index is 648. The van der Waals surface area contributed by atoms with E-state index >= 15 is 0 Å². The molecule has 1 aromatic heterocycles. The first-order valence-corrected chi connectivity index (χ1v) is 7.61. The molecule has 1 atom stereocenters. The molecule has 1 aliphatic heterocycles. The smallest absolute Gasteiger partial charge is 0.327 e. The number of halogens is 3. The number of alkyl halides is 3. The fraction of sp³-hybridized carbons (Fsp3) is 0.438. The number of likely N-dealkylation sites (tertiary alicyclic amines) is 1. The van der Waals surface area contributed by atoms with Gasteiger partial charge in [0.05, 0.1) is 17.5 Å². The maximum atomic E-state index is 12.6. The van der Waals surface area contributed by atoms with Crippen molar-refractivity contribution in [2.24, 2.45) is 5.73 Å². The van der Waals surface area contributed by atoms with Crippen LogP contribution < -0.4 is 5.73 Å². The Hall–Kier alpha value is -1.86. The number of nitrogens with one attached hydrogen (secondary N) is 1. The summed E-state index contributed by atoms with van der Waals surface area (Å²) in [6, 6.07) is 5.32. The molecular formula is C16H19F3N4. The molecule has 23 heavy (non-hydrogen) atoms. The topological polar surface area (TPSA) is 57.9 Å². The second kappa shape index (κ2) is 6.33. The lowest BCUT2D eigenvalue weighted by atomic mass is 10.0. The number of nitrogens with zero attached hydrogens (tertiary/aromatic N) is 2. The van der Waals surface area contributed by atoms with E-state index in [0.29, 0.717) is 12.1 Å².